The quantitative estimate of drug-likeness (QED) is 0.0385. The number of aromatic amines is 1. The number of likely N-dealkylation sites (N-methyl/N-ethyl adjacent to an activating group) is 1. The van der Waals surface area contributed by atoms with Crippen molar-refractivity contribution in [2.24, 2.45) is 23.5 Å². The van der Waals surface area contributed by atoms with Gasteiger partial charge >= 0.3 is 5.97 Å². The minimum atomic E-state index is -1.78. The number of rotatable bonds is 21. The summed E-state index contributed by atoms with van der Waals surface area (Å²) < 4.78 is 0.421. The van der Waals surface area contributed by atoms with Crippen LogP contribution in [0.4, 0.5) is 0 Å². The normalized spacial score (nSPS) is 25.3. The van der Waals surface area contributed by atoms with E-state index in [0.29, 0.717) is 21.2 Å². The number of hydrogen-bond donors (Lipinski definition) is 15. The summed E-state index contributed by atoms with van der Waals surface area (Å²) in [6.45, 7) is 10.7. The lowest BCUT2D eigenvalue weighted by Crippen LogP contribution is -2.63. The molecule has 3 heterocycles. The number of phenols is 1. The molecule has 13 atom stereocenters. The smallest absolute Gasteiger partial charge is 0.305 e. The number of hydrogen-bond acceptors (Lipinski definition) is 18. The molecule has 2 aliphatic rings. The van der Waals surface area contributed by atoms with Crippen molar-refractivity contribution in [3.05, 3.63) is 45.6 Å². The van der Waals surface area contributed by atoms with Gasteiger partial charge in [0, 0.05) is 49.2 Å². The summed E-state index contributed by atoms with van der Waals surface area (Å²) in [5.74, 6) is -7.66. The Morgan fingerprint density at radius 3 is 2.22 bits per heavy atom. The predicted octanol–water partition coefficient (Wildman–Crippen LogP) is -1.47. The van der Waals surface area contributed by atoms with E-state index in [2.05, 4.69) is 52.5 Å². The Morgan fingerprint density at radius 1 is 0.948 bits per heavy atom. The third-order valence-electron chi connectivity index (χ3n) is 13.2. The van der Waals surface area contributed by atoms with Gasteiger partial charge in [-0.1, -0.05) is 75.6 Å². The summed E-state index contributed by atoms with van der Waals surface area (Å²) >= 11 is 1.88. The first-order valence-electron chi connectivity index (χ1n) is 25.6. The molecule has 2 unspecified atom stereocenters. The number of fused-ring (bicyclic) bond motifs is 1. The van der Waals surface area contributed by atoms with Gasteiger partial charge in [-0.05, 0) is 77.9 Å². The number of benzene rings is 1. The molecule has 7 amide bonds. The molecule has 1 aromatic carbocycles. The fraction of sp³-hybridized carbons (Fsp3) is 0.653. The van der Waals surface area contributed by atoms with Gasteiger partial charge in [-0.3, -0.25) is 49.0 Å². The number of aliphatic hydroxyl groups is 3. The lowest BCUT2D eigenvalue weighted by molar-refractivity contribution is -0.142. The standard InChI is InChI=1S/C49H77IN12O13S2/c1-8-25(6)40(48(74)55-30(41(51)67)11-23(2)3)61-45(71)33(15-27-18-53-22-54-27)57-46(72)35-20-76-77-21-36(52-7)49(75)62-19-28(63)16-37(62)47(73)59-32(14-26-9-10-38(64)29(50)13-26)43(69)58-34(17-39(65)66)44(70)56-31(12-24(4)5)42(68)60-35/h9-10,13,18,22-25,28,30-37,40,42,45,52,60-61,63-64,68,71H,8,11-12,14-17,19-21H2,1-7H3,(H2,51,67)(H,53,54)(H,55,74)(H,56,70)(H,57,72)(H,58,69)(H,59,73)(H,65,66)/t25?,28?,30-,31-,32-,33-,34-,35-,36-,37-,40-,42-,45-/m0/s1. The number of carbonyl (C=O) groups is 8. The monoisotopic (exact) mass is 1230 g/mol. The number of carbonyl (C=O) groups excluding carboxylic acids is 7. The van der Waals surface area contributed by atoms with E-state index >= 15 is 0 Å². The first-order valence-corrected chi connectivity index (χ1v) is 29.1. The second-order valence-electron chi connectivity index (χ2n) is 20.4. The number of aromatic hydroxyl groups is 1. The zero-order chi connectivity index (χ0) is 57.3. The number of nitrogens with two attached hydrogens (primary N) is 1. The molecule has 16 N–H and O–H groups in total. The van der Waals surface area contributed by atoms with Gasteiger partial charge < -0.3 is 73.1 Å². The third-order valence-corrected chi connectivity index (χ3v) is 16.5. The first-order chi connectivity index (χ1) is 36.3. The average Bonchev–Trinajstić information content (AvgIpc) is 4.04. The molecular formula is C49H77IN12O13S2. The van der Waals surface area contributed by atoms with Gasteiger partial charge in [-0.15, -0.1) is 0 Å². The third kappa shape index (κ3) is 20.1. The van der Waals surface area contributed by atoms with Crippen molar-refractivity contribution in [3.8, 4) is 5.75 Å². The first kappa shape index (κ1) is 64.7. The molecule has 28 heteroatoms. The van der Waals surface area contributed by atoms with Crippen LogP contribution in [0.5, 0.6) is 5.75 Å². The summed E-state index contributed by atoms with van der Waals surface area (Å²) in [6, 6.07) is -6.82. The summed E-state index contributed by atoms with van der Waals surface area (Å²) in [5, 5.41) is 77.1. The van der Waals surface area contributed by atoms with Crippen molar-refractivity contribution >= 4 is 91.5 Å². The van der Waals surface area contributed by atoms with Gasteiger partial charge in [0.2, 0.25) is 41.4 Å². The highest BCUT2D eigenvalue weighted by molar-refractivity contribution is 14.1. The van der Waals surface area contributed by atoms with E-state index in [4.69, 9.17) is 5.73 Å². The topological polar surface area (TPSA) is 392 Å². The molecule has 4 rings (SSSR count). The number of carboxylic acids is 1. The summed E-state index contributed by atoms with van der Waals surface area (Å²) in [6.07, 6.45) is -2.18. The number of aliphatic hydroxyl groups excluding tert-OH is 3. The Balaban J connectivity index is 1.74. The number of nitrogens with zero attached hydrogens (tertiary/aromatic N) is 2. The number of halogens is 1. The molecule has 2 aliphatic heterocycles. The predicted molar refractivity (Wildman–Crippen MR) is 296 cm³/mol. The molecular weight excluding hydrogens is 1160 g/mol. The van der Waals surface area contributed by atoms with Crippen LogP contribution >= 0.6 is 44.2 Å². The summed E-state index contributed by atoms with van der Waals surface area (Å²) in [7, 11) is 3.84. The molecule has 0 aliphatic carbocycles. The van der Waals surface area contributed by atoms with Crippen LogP contribution in [0.25, 0.3) is 0 Å². The fourth-order valence-corrected chi connectivity index (χ4v) is 11.8. The minimum Gasteiger partial charge on any atom is -0.507 e. The maximum Gasteiger partial charge on any atom is 0.305 e. The van der Waals surface area contributed by atoms with E-state index in [1.54, 1.807) is 26.8 Å². The van der Waals surface area contributed by atoms with E-state index in [1.165, 1.54) is 47.4 Å². The number of amides is 7. The van der Waals surface area contributed by atoms with Crippen LogP contribution in [-0.4, -0.2) is 186 Å². The van der Waals surface area contributed by atoms with Crippen molar-refractivity contribution in [2.75, 3.05) is 25.1 Å². The number of phenolic OH excluding ortho intramolecular Hbond substituents is 1. The van der Waals surface area contributed by atoms with Crippen LogP contribution in [0.15, 0.2) is 30.7 Å². The number of primary amides is 1. The molecule has 25 nitrogen and oxygen atoms in total. The number of H-pyrrole nitrogens is 1. The van der Waals surface area contributed by atoms with Crippen molar-refractivity contribution in [3.63, 3.8) is 0 Å². The van der Waals surface area contributed by atoms with Gasteiger partial charge in [0.25, 0.3) is 0 Å². The molecule has 0 bridgehead atoms. The SMILES string of the molecule is CCC(C)[C@H](N[C@@H](O)[C@H](Cc1cnc[nH]1)NC(=O)[C@@H]1CSSC[C@H](NC)C(=O)N2CC(O)C[C@H]2C(=O)N[C@@H](Cc2ccc(O)c(I)c2)C(=O)N[C@@H](CC(=O)O)C(=O)N[C@@H](CC(C)C)[C@H](O)N1)C(=O)N[C@@H](CC(C)C)C(N)=O. The van der Waals surface area contributed by atoms with E-state index in [-0.39, 0.29) is 67.7 Å². The summed E-state index contributed by atoms with van der Waals surface area (Å²) in [5.41, 5.74) is 6.59. The number of aliphatic carboxylic acids is 1. The average molecular weight is 1230 g/mol. The van der Waals surface area contributed by atoms with E-state index in [1.807, 2.05) is 43.4 Å². The maximum absolute atomic E-state index is 14.7. The minimum absolute atomic E-state index is 0.00716. The zero-order valence-electron chi connectivity index (χ0n) is 44.3. The van der Waals surface area contributed by atoms with Crippen LogP contribution in [0, 0.1) is 21.3 Å². The highest BCUT2D eigenvalue weighted by Crippen LogP contribution is 2.27. The number of nitrogens with one attached hydrogen (secondary N) is 9. The van der Waals surface area contributed by atoms with Crippen molar-refractivity contribution in [1.82, 2.24) is 57.4 Å². The second-order valence-corrected chi connectivity index (χ2v) is 24.1. The van der Waals surface area contributed by atoms with Crippen LogP contribution in [0.1, 0.15) is 84.9 Å². The van der Waals surface area contributed by atoms with Crippen LogP contribution < -0.4 is 48.3 Å². The Morgan fingerprint density at radius 2 is 1.62 bits per heavy atom. The number of aromatic nitrogens is 2. The van der Waals surface area contributed by atoms with Gasteiger partial charge in [0.15, 0.2) is 0 Å². The van der Waals surface area contributed by atoms with Crippen molar-refractivity contribution in [1.29, 1.82) is 0 Å². The fourth-order valence-electron chi connectivity index (χ4n) is 8.81. The molecule has 430 valence electrons. The molecule has 1 aromatic heterocycles. The van der Waals surface area contributed by atoms with Gasteiger partial charge in [-0.25, -0.2) is 4.98 Å². The number of imidazole rings is 1. The van der Waals surface area contributed by atoms with Crippen molar-refractivity contribution in [2.45, 2.75) is 159 Å². The largest absolute Gasteiger partial charge is 0.507 e. The van der Waals surface area contributed by atoms with E-state index in [0.717, 1.165) is 10.8 Å². The molecule has 2 saturated heterocycles. The maximum atomic E-state index is 14.7. The van der Waals surface area contributed by atoms with Gasteiger partial charge in [-0.2, -0.15) is 0 Å². The van der Waals surface area contributed by atoms with E-state index < -0.39 is 133 Å². The van der Waals surface area contributed by atoms with Crippen molar-refractivity contribution < 1.29 is 63.9 Å². The Kier molecular flexibility index (Phi) is 26.1. The molecule has 2 aromatic rings. The van der Waals surface area contributed by atoms with E-state index in [9.17, 15) is 63.9 Å². The molecule has 0 spiro atoms. The van der Waals surface area contributed by atoms with Crippen LogP contribution in [-0.2, 0) is 51.2 Å². The Labute approximate surface area is 469 Å². The zero-order valence-corrected chi connectivity index (χ0v) is 48.1. The van der Waals surface area contributed by atoms with Gasteiger partial charge in [0.05, 0.1) is 52.6 Å². The Bertz CT molecular complexity index is 2320. The Hall–Kier alpha value is -4.82. The van der Waals surface area contributed by atoms with Gasteiger partial charge in [0.1, 0.15) is 42.4 Å². The lowest BCUT2D eigenvalue weighted by atomic mass is 9.96. The highest BCUT2D eigenvalue weighted by Gasteiger charge is 2.43. The van der Waals surface area contributed by atoms with Crippen LogP contribution in [0.3, 0.4) is 0 Å². The molecule has 2 fully saturated rings. The molecule has 77 heavy (non-hydrogen) atoms. The number of carboxylic acid groups (broad SMARTS) is 1. The second kappa shape index (κ2) is 31.1. The van der Waals surface area contributed by atoms with Crippen LogP contribution in [0.2, 0.25) is 0 Å². The molecule has 0 saturated carbocycles. The lowest BCUT2D eigenvalue weighted by Gasteiger charge is -2.34. The summed E-state index contributed by atoms with van der Waals surface area (Å²) in [4.78, 5) is 118. The molecule has 0 radical (unpaired) electrons. The highest BCUT2D eigenvalue weighted by atomic mass is 127.